The number of nitrogens with one attached hydrogen (secondary N) is 1. The molecule has 3 N–H and O–H groups in total. The lowest BCUT2D eigenvalue weighted by Gasteiger charge is -2.21. The van der Waals surface area contributed by atoms with E-state index in [0.29, 0.717) is 19.5 Å². The molecular weight excluding hydrogens is 206 g/mol. The van der Waals surface area contributed by atoms with Gasteiger partial charge in [0.2, 0.25) is 11.8 Å². The zero-order chi connectivity index (χ0) is 12.3. The van der Waals surface area contributed by atoms with Crippen LogP contribution >= 0.6 is 0 Å². The molecule has 2 amide bonds. The average Bonchev–Trinajstić information content (AvgIpc) is 2.58. The third kappa shape index (κ3) is 2.95. The van der Waals surface area contributed by atoms with Crippen LogP contribution in [0, 0.1) is 5.92 Å². The van der Waals surface area contributed by atoms with Gasteiger partial charge in [-0.1, -0.05) is 6.92 Å². The second-order valence-corrected chi connectivity index (χ2v) is 4.69. The first-order chi connectivity index (χ1) is 7.45. The van der Waals surface area contributed by atoms with Crippen LogP contribution in [-0.2, 0) is 9.59 Å². The molecule has 1 rings (SSSR count). The van der Waals surface area contributed by atoms with Gasteiger partial charge in [0.25, 0.3) is 0 Å². The Bertz CT molecular complexity index is 278. The number of hydrogen-bond acceptors (Lipinski definition) is 3. The van der Waals surface area contributed by atoms with E-state index in [1.165, 1.54) is 0 Å². The minimum absolute atomic E-state index is 0.0589. The molecule has 92 valence electrons. The number of hydrogen-bond donors (Lipinski definition) is 2. The summed E-state index contributed by atoms with van der Waals surface area (Å²) in [7, 11) is 0. The molecule has 2 atom stereocenters. The third-order valence-electron chi connectivity index (χ3n) is 2.93. The molecule has 1 saturated heterocycles. The molecule has 0 aromatic heterocycles. The number of likely N-dealkylation sites (tertiary alicyclic amines) is 1. The number of carbonyl (C=O) groups excluding carboxylic acids is 2. The van der Waals surface area contributed by atoms with Gasteiger partial charge in [-0.2, -0.15) is 0 Å². The molecular formula is C11H21N3O2. The summed E-state index contributed by atoms with van der Waals surface area (Å²) in [5.74, 6) is -0.144. The lowest BCUT2D eigenvalue weighted by atomic mass is 10.1. The fraction of sp³-hybridized carbons (Fsp3) is 0.818. The van der Waals surface area contributed by atoms with Gasteiger partial charge in [0.15, 0.2) is 0 Å². The van der Waals surface area contributed by atoms with Crippen LogP contribution in [0.4, 0.5) is 0 Å². The van der Waals surface area contributed by atoms with Crippen LogP contribution in [0.15, 0.2) is 0 Å². The van der Waals surface area contributed by atoms with Crippen molar-refractivity contribution in [3.8, 4) is 0 Å². The van der Waals surface area contributed by atoms with Crippen molar-refractivity contribution in [1.82, 2.24) is 10.2 Å². The summed E-state index contributed by atoms with van der Waals surface area (Å²) >= 11 is 0. The van der Waals surface area contributed by atoms with E-state index in [1.54, 1.807) is 11.8 Å². The van der Waals surface area contributed by atoms with Crippen molar-refractivity contribution < 1.29 is 9.59 Å². The van der Waals surface area contributed by atoms with Gasteiger partial charge in [0, 0.05) is 31.5 Å². The SMILES string of the molecule is CC(CN)C(=O)NC1CC(=O)N(C(C)C)C1. The molecule has 0 radical (unpaired) electrons. The minimum Gasteiger partial charge on any atom is -0.351 e. The van der Waals surface area contributed by atoms with E-state index in [2.05, 4.69) is 5.32 Å². The molecule has 1 aliphatic heterocycles. The molecule has 0 bridgehead atoms. The van der Waals surface area contributed by atoms with Crippen LogP contribution < -0.4 is 11.1 Å². The Labute approximate surface area is 96.4 Å². The van der Waals surface area contributed by atoms with E-state index in [9.17, 15) is 9.59 Å². The molecule has 0 aliphatic carbocycles. The van der Waals surface area contributed by atoms with Crippen LogP contribution in [0.2, 0.25) is 0 Å². The van der Waals surface area contributed by atoms with Gasteiger partial charge in [-0.3, -0.25) is 9.59 Å². The molecule has 2 unspecified atom stereocenters. The Morgan fingerprint density at radius 2 is 2.19 bits per heavy atom. The number of rotatable bonds is 4. The van der Waals surface area contributed by atoms with Crippen molar-refractivity contribution in [2.45, 2.75) is 39.3 Å². The zero-order valence-corrected chi connectivity index (χ0v) is 10.2. The highest BCUT2D eigenvalue weighted by Gasteiger charge is 2.32. The Morgan fingerprint density at radius 3 is 2.62 bits per heavy atom. The van der Waals surface area contributed by atoms with Gasteiger partial charge in [0.05, 0.1) is 6.04 Å². The highest BCUT2D eigenvalue weighted by molar-refractivity contribution is 5.83. The molecule has 16 heavy (non-hydrogen) atoms. The van der Waals surface area contributed by atoms with Crippen molar-refractivity contribution in [3.05, 3.63) is 0 Å². The maximum Gasteiger partial charge on any atom is 0.225 e. The lowest BCUT2D eigenvalue weighted by molar-refractivity contribution is -0.129. The molecule has 5 nitrogen and oxygen atoms in total. The van der Waals surface area contributed by atoms with Gasteiger partial charge < -0.3 is 16.0 Å². The summed E-state index contributed by atoms with van der Waals surface area (Å²) in [6.07, 6.45) is 0.404. The van der Waals surface area contributed by atoms with Crippen molar-refractivity contribution >= 4 is 11.8 Å². The van der Waals surface area contributed by atoms with Gasteiger partial charge in [-0.05, 0) is 13.8 Å². The van der Waals surface area contributed by atoms with E-state index in [-0.39, 0.29) is 29.8 Å². The van der Waals surface area contributed by atoms with Crippen molar-refractivity contribution in [3.63, 3.8) is 0 Å². The zero-order valence-electron chi connectivity index (χ0n) is 10.2. The largest absolute Gasteiger partial charge is 0.351 e. The maximum absolute atomic E-state index is 11.6. The van der Waals surface area contributed by atoms with Crippen LogP contribution in [0.5, 0.6) is 0 Å². The molecule has 0 spiro atoms. The van der Waals surface area contributed by atoms with Crippen LogP contribution in [-0.4, -0.2) is 41.9 Å². The van der Waals surface area contributed by atoms with E-state index in [1.807, 2.05) is 13.8 Å². The lowest BCUT2D eigenvalue weighted by Crippen LogP contribution is -2.42. The Hall–Kier alpha value is -1.10. The summed E-state index contributed by atoms with van der Waals surface area (Å²) in [4.78, 5) is 25.0. The van der Waals surface area contributed by atoms with Gasteiger partial charge >= 0.3 is 0 Å². The first kappa shape index (κ1) is 13.0. The Morgan fingerprint density at radius 1 is 1.56 bits per heavy atom. The van der Waals surface area contributed by atoms with Crippen LogP contribution in [0.25, 0.3) is 0 Å². The number of nitrogens with zero attached hydrogens (tertiary/aromatic N) is 1. The van der Waals surface area contributed by atoms with Crippen LogP contribution in [0.1, 0.15) is 27.2 Å². The van der Waals surface area contributed by atoms with E-state index < -0.39 is 0 Å². The van der Waals surface area contributed by atoms with Gasteiger partial charge in [-0.25, -0.2) is 0 Å². The van der Waals surface area contributed by atoms with Crippen molar-refractivity contribution in [1.29, 1.82) is 0 Å². The smallest absolute Gasteiger partial charge is 0.225 e. The third-order valence-corrected chi connectivity index (χ3v) is 2.93. The summed E-state index contributed by atoms with van der Waals surface area (Å²) in [6, 6.07) is 0.137. The van der Waals surface area contributed by atoms with E-state index in [0.717, 1.165) is 0 Å². The molecule has 0 saturated carbocycles. The number of amides is 2. The van der Waals surface area contributed by atoms with E-state index >= 15 is 0 Å². The predicted octanol–water partition coefficient (Wildman–Crippen LogP) is -0.293. The standard InChI is InChI=1S/C11H21N3O2/c1-7(2)14-6-9(4-10(14)15)13-11(16)8(3)5-12/h7-9H,4-6,12H2,1-3H3,(H,13,16). The second-order valence-electron chi connectivity index (χ2n) is 4.69. The molecule has 0 aromatic rings. The number of nitrogens with two attached hydrogens (primary N) is 1. The second kappa shape index (κ2) is 5.30. The van der Waals surface area contributed by atoms with Gasteiger partial charge in [-0.15, -0.1) is 0 Å². The fourth-order valence-corrected chi connectivity index (χ4v) is 1.78. The fourth-order valence-electron chi connectivity index (χ4n) is 1.78. The summed E-state index contributed by atoms with van der Waals surface area (Å²) in [5, 5.41) is 2.86. The quantitative estimate of drug-likeness (QED) is 0.693. The first-order valence-corrected chi connectivity index (χ1v) is 5.75. The maximum atomic E-state index is 11.6. The summed E-state index contributed by atoms with van der Waals surface area (Å²) < 4.78 is 0. The van der Waals surface area contributed by atoms with Crippen molar-refractivity contribution in [2.24, 2.45) is 11.7 Å². The monoisotopic (exact) mass is 227 g/mol. The minimum atomic E-state index is -0.191. The van der Waals surface area contributed by atoms with Gasteiger partial charge in [0.1, 0.15) is 0 Å². The normalized spacial score (nSPS) is 22.7. The van der Waals surface area contributed by atoms with E-state index in [4.69, 9.17) is 5.73 Å². The molecule has 1 heterocycles. The average molecular weight is 227 g/mol. The molecule has 0 aromatic carbocycles. The number of carbonyl (C=O) groups is 2. The summed E-state index contributed by atoms with van der Waals surface area (Å²) in [6.45, 7) is 6.68. The highest BCUT2D eigenvalue weighted by atomic mass is 16.2. The molecule has 5 heteroatoms. The Balaban J connectivity index is 2.47. The molecule has 1 fully saturated rings. The molecule has 1 aliphatic rings. The topological polar surface area (TPSA) is 75.4 Å². The Kier molecular flexibility index (Phi) is 4.29. The summed E-state index contributed by atoms with van der Waals surface area (Å²) in [5.41, 5.74) is 5.41. The van der Waals surface area contributed by atoms with Crippen LogP contribution in [0.3, 0.4) is 0 Å². The van der Waals surface area contributed by atoms with Crippen molar-refractivity contribution in [2.75, 3.05) is 13.1 Å². The first-order valence-electron chi connectivity index (χ1n) is 5.75. The highest BCUT2D eigenvalue weighted by Crippen LogP contribution is 2.14. The predicted molar refractivity (Wildman–Crippen MR) is 61.6 cm³/mol.